The maximum absolute atomic E-state index is 13.6. The monoisotopic (exact) mass is 327 g/mol. The Bertz CT molecular complexity index is 740. The molecule has 0 bridgehead atoms. The van der Waals surface area contributed by atoms with Crippen LogP contribution in [0, 0.1) is 5.82 Å². The summed E-state index contributed by atoms with van der Waals surface area (Å²) in [5.74, 6) is -0.944. The molecule has 0 radical (unpaired) electrons. The molecule has 0 N–H and O–H groups in total. The smallest absolute Gasteiger partial charge is 0.211 e. The molecule has 0 aromatic heterocycles. The summed E-state index contributed by atoms with van der Waals surface area (Å²) in [5.41, 5.74) is 0.491. The van der Waals surface area contributed by atoms with Gasteiger partial charge in [0.25, 0.3) is 0 Å². The van der Waals surface area contributed by atoms with Crippen molar-refractivity contribution in [2.24, 2.45) is 0 Å². The van der Waals surface area contributed by atoms with Crippen LogP contribution in [0.1, 0.15) is 18.4 Å². The van der Waals surface area contributed by atoms with Gasteiger partial charge in [-0.25, -0.2) is 12.8 Å². The molecular weight excluding hydrogens is 313 g/mol. The fraction of sp³-hybridized carbons (Fsp3) is 0.333. The standard InChI is InChI=1S/C15H15ClFNO2S/c1-15(21(19,20)18-8-9-18)7-3-2-4-13(15)12-10-11(17)5-6-14(12)16/h2-7,10,13H,8-9H2,1H3. The van der Waals surface area contributed by atoms with Gasteiger partial charge < -0.3 is 0 Å². The van der Waals surface area contributed by atoms with Crippen LogP contribution in [-0.4, -0.2) is 30.6 Å². The number of allylic oxidation sites excluding steroid dienone is 3. The average molecular weight is 328 g/mol. The Morgan fingerprint density at radius 3 is 2.71 bits per heavy atom. The minimum absolute atomic E-state index is 0.369. The summed E-state index contributed by atoms with van der Waals surface area (Å²) >= 11 is 6.17. The molecular formula is C15H15ClFNO2S. The lowest BCUT2D eigenvalue weighted by Gasteiger charge is -2.35. The number of nitrogens with zero attached hydrogens (tertiary/aromatic N) is 1. The molecule has 112 valence electrons. The van der Waals surface area contributed by atoms with Crippen LogP contribution in [0.25, 0.3) is 0 Å². The number of halogens is 2. The van der Waals surface area contributed by atoms with Crippen molar-refractivity contribution in [3.63, 3.8) is 0 Å². The summed E-state index contributed by atoms with van der Waals surface area (Å²) in [6.45, 7) is 2.74. The van der Waals surface area contributed by atoms with Crippen molar-refractivity contribution in [2.75, 3.05) is 13.1 Å². The summed E-state index contributed by atoms with van der Waals surface area (Å²) in [6, 6.07) is 4.04. The molecule has 1 aromatic rings. The molecule has 21 heavy (non-hydrogen) atoms. The van der Waals surface area contributed by atoms with Crippen molar-refractivity contribution in [2.45, 2.75) is 17.6 Å². The van der Waals surface area contributed by atoms with Crippen molar-refractivity contribution >= 4 is 21.6 Å². The van der Waals surface area contributed by atoms with Crippen molar-refractivity contribution in [3.05, 3.63) is 58.9 Å². The molecule has 2 atom stereocenters. The summed E-state index contributed by atoms with van der Waals surface area (Å²) in [5, 5.41) is 0.369. The number of rotatable bonds is 3. The highest BCUT2D eigenvalue weighted by Crippen LogP contribution is 2.44. The van der Waals surface area contributed by atoms with E-state index in [1.54, 1.807) is 31.2 Å². The molecule has 1 saturated heterocycles. The second-order valence-electron chi connectivity index (χ2n) is 5.48. The maximum atomic E-state index is 13.6. The van der Waals surface area contributed by atoms with E-state index in [0.29, 0.717) is 23.7 Å². The summed E-state index contributed by atoms with van der Waals surface area (Å²) < 4.78 is 39.3. The van der Waals surface area contributed by atoms with Gasteiger partial charge in [0, 0.05) is 24.0 Å². The van der Waals surface area contributed by atoms with Gasteiger partial charge in [0.15, 0.2) is 0 Å². The minimum atomic E-state index is -3.50. The SMILES string of the molecule is CC1(S(=O)(=O)N2CC2)C=CC=CC1c1cc(F)ccc1Cl. The molecule has 1 aliphatic heterocycles. The fourth-order valence-electron chi connectivity index (χ4n) is 2.69. The van der Waals surface area contributed by atoms with Gasteiger partial charge in [-0.15, -0.1) is 0 Å². The fourth-order valence-corrected chi connectivity index (χ4v) is 4.82. The Balaban J connectivity index is 2.13. The van der Waals surface area contributed by atoms with Gasteiger partial charge in [0.05, 0.1) is 0 Å². The van der Waals surface area contributed by atoms with Crippen LogP contribution in [-0.2, 0) is 10.0 Å². The van der Waals surface area contributed by atoms with E-state index in [2.05, 4.69) is 0 Å². The number of benzene rings is 1. The first-order valence-corrected chi connectivity index (χ1v) is 8.49. The lowest BCUT2D eigenvalue weighted by Crippen LogP contribution is -2.43. The van der Waals surface area contributed by atoms with Crippen molar-refractivity contribution in [3.8, 4) is 0 Å². The zero-order valence-electron chi connectivity index (χ0n) is 11.5. The molecule has 2 aliphatic rings. The topological polar surface area (TPSA) is 37.1 Å². The predicted molar refractivity (Wildman–Crippen MR) is 81.3 cm³/mol. The lowest BCUT2D eigenvalue weighted by molar-refractivity contribution is 0.511. The van der Waals surface area contributed by atoms with Crippen LogP contribution >= 0.6 is 11.6 Å². The zero-order chi connectivity index (χ0) is 15.3. The third-order valence-corrected chi connectivity index (χ3v) is 6.95. The summed E-state index contributed by atoms with van der Waals surface area (Å²) in [4.78, 5) is 0. The van der Waals surface area contributed by atoms with Gasteiger partial charge in [-0.2, -0.15) is 4.31 Å². The van der Waals surface area contributed by atoms with Gasteiger partial charge in [-0.05, 0) is 30.7 Å². The molecule has 1 fully saturated rings. The Morgan fingerprint density at radius 2 is 2.05 bits per heavy atom. The van der Waals surface area contributed by atoms with Crippen LogP contribution < -0.4 is 0 Å². The van der Waals surface area contributed by atoms with Crippen LogP contribution in [0.3, 0.4) is 0 Å². The third kappa shape index (κ3) is 2.33. The highest BCUT2D eigenvalue weighted by Gasteiger charge is 2.51. The van der Waals surface area contributed by atoms with Crippen molar-refractivity contribution < 1.29 is 12.8 Å². The third-order valence-electron chi connectivity index (χ3n) is 4.05. The van der Waals surface area contributed by atoms with E-state index in [0.717, 1.165) is 0 Å². The average Bonchev–Trinajstić information content (AvgIpc) is 3.27. The van der Waals surface area contributed by atoms with Gasteiger partial charge in [-0.3, -0.25) is 0 Å². The van der Waals surface area contributed by atoms with E-state index in [4.69, 9.17) is 11.6 Å². The second-order valence-corrected chi connectivity index (χ2v) is 8.23. The van der Waals surface area contributed by atoms with Crippen LogP contribution in [0.4, 0.5) is 4.39 Å². The first kappa shape index (κ1) is 14.8. The second kappa shape index (κ2) is 4.93. The molecule has 0 spiro atoms. The first-order valence-electron chi connectivity index (χ1n) is 6.67. The lowest BCUT2D eigenvalue weighted by atomic mass is 9.83. The Labute approximate surface area is 128 Å². The van der Waals surface area contributed by atoms with Crippen LogP contribution in [0.15, 0.2) is 42.5 Å². The minimum Gasteiger partial charge on any atom is -0.211 e. The van der Waals surface area contributed by atoms with Crippen LogP contribution in [0.2, 0.25) is 5.02 Å². The first-order chi connectivity index (χ1) is 9.86. The Hall–Kier alpha value is -1.17. The maximum Gasteiger partial charge on any atom is 0.224 e. The molecule has 3 rings (SSSR count). The van der Waals surface area contributed by atoms with Crippen molar-refractivity contribution in [1.29, 1.82) is 0 Å². The number of sulfonamides is 1. The zero-order valence-corrected chi connectivity index (χ0v) is 13.0. The molecule has 3 nitrogen and oxygen atoms in total. The number of hydrogen-bond donors (Lipinski definition) is 0. The molecule has 1 aliphatic carbocycles. The highest BCUT2D eigenvalue weighted by atomic mass is 35.5. The van der Waals surface area contributed by atoms with E-state index < -0.39 is 26.5 Å². The van der Waals surface area contributed by atoms with Crippen LogP contribution in [0.5, 0.6) is 0 Å². The highest BCUT2D eigenvalue weighted by molar-refractivity contribution is 7.91. The summed E-state index contributed by atoms with van der Waals surface area (Å²) in [7, 11) is -3.50. The normalized spacial score (nSPS) is 28.8. The predicted octanol–water partition coefficient (Wildman–Crippen LogP) is 3.09. The van der Waals surface area contributed by atoms with Gasteiger partial charge in [0.1, 0.15) is 10.6 Å². The largest absolute Gasteiger partial charge is 0.224 e. The molecule has 0 amide bonds. The quantitative estimate of drug-likeness (QED) is 0.800. The van der Waals surface area contributed by atoms with Gasteiger partial charge >= 0.3 is 0 Å². The van der Waals surface area contributed by atoms with E-state index >= 15 is 0 Å². The van der Waals surface area contributed by atoms with E-state index in [9.17, 15) is 12.8 Å². The summed E-state index contributed by atoms with van der Waals surface area (Å²) in [6.07, 6.45) is 6.91. The van der Waals surface area contributed by atoms with E-state index in [1.165, 1.54) is 22.5 Å². The van der Waals surface area contributed by atoms with Gasteiger partial charge in [-0.1, -0.05) is 35.9 Å². The Morgan fingerprint density at radius 1 is 1.33 bits per heavy atom. The number of hydrogen-bond acceptors (Lipinski definition) is 2. The van der Waals surface area contributed by atoms with E-state index in [-0.39, 0.29) is 0 Å². The molecule has 1 heterocycles. The molecule has 0 saturated carbocycles. The molecule has 6 heteroatoms. The van der Waals surface area contributed by atoms with E-state index in [1.807, 2.05) is 0 Å². The molecule has 1 aromatic carbocycles. The molecule has 2 unspecified atom stereocenters. The Kier molecular flexibility index (Phi) is 3.47. The van der Waals surface area contributed by atoms with Gasteiger partial charge in [0.2, 0.25) is 10.0 Å². The van der Waals surface area contributed by atoms with Crippen molar-refractivity contribution in [1.82, 2.24) is 4.31 Å².